The SMILES string of the molecule is CCN(CC)CCNCCOc1cc(C)ccc1C. The van der Waals surface area contributed by atoms with Crippen molar-refractivity contribution in [1.82, 2.24) is 10.2 Å². The Labute approximate surface area is 118 Å². The second kappa shape index (κ2) is 8.94. The zero-order valence-electron chi connectivity index (χ0n) is 12.8. The number of benzene rings is 1. The maximum atomic E-state index is 5.80. The zero-order valence-corrected chi connectivity index (χ0v) is 12.8. The van der Waals surface area contributed by atoms with Crippen molar-refractivity contribution in [2.24, 2.45) is 0 Å². The highest BCUT2D eigenvalue weighted by molar-refractivity contribution is 5.35. The van der Waals surface area contributed by atoms with Crippen molar-refractivity contribution in [3.8, 4) is 5.75 Å². The lowest BCUT2D eigenvalue weighted by Gasteiger charge is -2.18. The molecule has 0 aliphatic heterocycles. The van der Waals surface area contributed by atoms with E-state index in [0.717, 1.165) is 45.1 Å². The van der Waals surface area contributed by atoms with Gasteiger partial charge in [-0.25, -0.2) is 0 Å². The van der Waals surface area contributed by atoms with Crippen LogP contribution >= 0.6 is 0 Å². The van der Waals surface area contributed by atoms with Crippen molar-refractivity contribution in [1.29, 1.82) is 0 Å². The fourth-order valence-corrected chi connectivity index (χ4v) is 2.00. The van der Waals surface area contributed by atoms with E-state index in [-0.39, 0.29) is 0 Å². The first-order valence-corrected chi connectivity index (χ1v) is 7.30. The number of nitrogens with zero attached hydrogens (tertiary/aromatic N) is 1. The highest BCUT2D eigenvalue weighted by atomic mass is 16.5. The molecule has 0 amide bonds. The van der Waals surface area contributed by atoms with Crippen molar-refractivity contribution in [2.75, 3.05) is 39.3 Å². The number of hydrogen-bond acceptors (Lipinski definition) is 3. The van der Waals surface area contributed by atoms with Crippen LogP contribution in [0.15, 0.2) is 18.2 Å². The monoisotopic (exact) mass is 264 g/mol. The molecule has 0 unspecified atom stereocenters. The standard InChI is InChI=1S/C16H28N2O/c1-5-18(6-2)11-9-17-10-12-19-16-13-14(3)7-8-15(16)4/h7-8,13,17H,5-6,9-12H2,1-4H3. The minimum absolute atomic E-state index is 0.725. The normalized spacial score (nSPS) is 11.0. The van der Waals surface area contributed by atoms with Gasteiger partial charge in [0.2, 0.25) is 0 Å². The molecule has 1 rings (SSSR count). The first-order valence-electron chi connectivity index (χ1n) is 7.30. The lowest BCUT2D eigenvalue weighted by molar-refractivity contribution is 0.285. The van der Waals surface area contributed by atoms with Crippen LogP contribution in [0, 0.1) is 13.8 Å². The fourth-order valence-electron chi connectivity index (χ4n) is 2.00. The average molecular weight is 264 g/mol. The molecule has 19 heavy (non-hydrogen) atoms. The molecule has 0 radical (unpaired) electrons. The van der Waals surface area contributed by atoms with E-state index in [1.165, 1.54) is 11.1 Å². The van der Waals surface area contributed by atoms with Crippen molar-refractivity contribution in [3.05, 3.63) is 29.3 Å². The Morgan fingerprint density at radius 2 is 1.84 bits per heavy atom. The third kappa shape index (κ3) is 6.08. The summed E-state index contributed by atoms with van der Waals surface area (Å²) in [6.45, 7) is 14.6. The summed E-state index contributed by atoms with van der Waals surface area (Å²) in [4.78, 5) is 2.42. The maximum Gasteiger partial charge on any atom is 0.122 e. The maximum absolute atomic E-state index is 5.80. The van der Waals surface area contributed by atoms with Crippen molar-refractivity contribution < 1.29 is 4.74 Å². The van der Waals surface area contributed by atoms with Gasteiger partial charge in [-0.1, -0.05) is 26.0 Å². The lowest BCUT2D eigenvalue weighted by Crippen LogP contribution is -2.33. The Kier molecular flexibility index (Phi) is 7.53. The molecule has 3 nitrogen and oxygen atoms in total. The molecule has 1 aromatic carbocycles. The van der Waals surface area contributed by atoms with E-state index in [9.17, 15) is 0 Å². The van der Waals surface area contributed by atoms with Crippen LogP contribution in [0.3, 0.4) is 0 Å². The predicted octanol–water partition coefficient (Wildman–Crippen LogP) is 2.61. The molecule has 0 aromatic heterocycles. The molecule has 0 atom stereocenters. The van der Waals surface area contributed by atoms with E-state index in [0.29, 0.717) is 0 Å². The van der Waals surface area contributed by atoms with Gasteiger partial charge in [-0.2, -0.15) is 0 Å². The molecular weight excluding hydrogens is 236 g/mol. The minimum atomic E-state index is 0.725. The van der Waals surface area contributed by atoms with Crippen LogP contribution in [-0.4, -0.2) is 44.2 Å². The second-order valence-electron chi connectivity index (χ2n) is 4.89. The molecule has 0 saturated heterocycles. The van der Waals surface area contributed by atoms with Gasteiger partial charge in [-0.15, -0.1) is 0 Å². The van der Waals surface area contributed by atoms with E-state index in [2.05, 4.69) is 56.1 Å². The lowest BCUT2D eigenvalue weighted by atomic mass is 10.1. The smallest absolute Gasteiger partial charge is 0.122 e. The Balaban J connectivity index is 2.15. The van der Waals surface area contributed by atoms with Crippen LogP contribution in [-0.2, 0) is 0 Å². The van der Waals surface area contributed by atoms with Crippen molar-refractivity contribution >= 4 is 0 Å². The van der Waals surface area contributed by atoms with Crippen LogP contribution in [0.4, 0.5) is 0 Å². The molecule has 0 aliphatic carbocycles. The molecule has 0 spiro atoms. The molecule has 1 aromatic rings. The van der Waals surface area contributed by atoms with Gasteiger partial charge < -0.3 is 15.0 Å². The molecule has 0 aliphatic rings. The molecule has 108 valence electrons. The fraction of sp³-hybridized carbons (Fsp3) is 0.625. The first kappa shape index (κ1) is 16.0. The van der Waals surface area contributed by atoms with Crippen LogP contribution in [0.5, 0.6) is 5.75 Å². The molecule has 1 N–H and O–H groups in total. The van der Waals surface area contributed by atoms with Gasteiger partial charge in [-0.3, -0.25) is 0 Å². The van der Waals surface area contributed by atoms with E-state index < -0.39 is 0 Å². The summed E-state index contributed by atoms with van der Waals surface area (Å²) >= 11 is 0. The number of aryl methyl sites for hydroxylation is 2. The number of hydrogen-bond donors (Lipinski definition) is 1. The third-order valence-electron chi connectivity index (χ3n) is 3.38. The highest BCUT2D eigenvalue weighted by Gasteiger charge is 2.00. The highest BCUT2D eigenvalue weighted by Crippen LogP contribution is 2.18. The van der Waals surface area contributed by atoms with Crippen LogP contribution in [0.25, 0.3) is 0 Å². The van der Waals surface area contributed by atoms with Crippen molar-refractivity contribution in [3.63, 3.8) is 0 Å². The van der Waals surface area contributed by atoms with E-state index in [1.807, 2.05) is 0 Å². The van der Waals surface area contributed by atoms with Gasteiger partial charge in [0.05, 0.1) is 0 Å². The summed E-state index contributed by atoms with van der Waals surface area (Å²) in [6.07, 6.45) is 0. The van der Waals surface area contributed by atoms with Crippen LogP contribution in [0.1, 0.15) is 25.0 Å². The Hall–Kier alpha value is -1.06. The van der Waals surface area contributed by atoms with Crippen LogP contribution in [0.2, 0.25) is 0 Å². The minimum Gasteiger partial charge on any atom is -0.492 e. The molecule has 0 bridgehead atoms. The number of nitrogens with one attached hydrogen (secondary N) is 1. The Bertz CT molecular complexity index is 362. The molecule has 0 fully saturated rings. The number of ether oxygens (including phenoxy) is 1. The Morgan fingerprint density at radius 3 is 2.53 bits per heavy atom. The quantitative estimate of drug-likeness (QED) is 0.694. The van der Waals surface area contributed by atoms with Gasteiger partial charge in [0.1, 0.15) is 12.4 Å². The average Bonchev–Trinajstić information content (AvgIpc) is 2.42. The van der Waals surface area contributed by atoms with Crippen molar-refractivity contribution in [2.45, 2.75) is 27.7 Å². The van der Waals surface area contributed by atoms with Gasteiger partial charge in [-0.05, 0) is 44.1 Å². The summed E-state index contributed by atoms with van der Waals surface area (Å²) < 4.78 is 5.80. The van der Waals surface area contributed by atoms with Gasteiger partial charge in [0.15, 0.2) is 0 Å². The first-order chi connectivity index (χ1) is 9.17. The predicted molar refractivity (Wildman–Crippen MR) is 82.1 cm³/mol. The van der Waals surface area contributed by atoms with Gasteiger partial charge in [0.25, 0.3) is 0 Å². The number of rotatable bonds is 9. The molecule has 3 heteroatoms. The number of likely N-dealkylation sites (N-methyl/N-ethyl adjacent to an activating group) is 1. The van der Waals surface area contributed by atoms with E-state index in [4.69, 9.17) is 4.74 Å². The summed E-state index contributed by atoms with van der Waals surface area (Å²) in [7, 11) is 0. The van der Waals surface area contributed by atoms with Gasteiger partial charge >= 0.3 is 0 Å². The molecule has 0 saturated carbocycles. The van der Waals surface area contributed by atoms with Crippen LogP contribution < -0.4 is 10.1 Å². The largest absolute Gasteiger partial charge is 0.492 e. The third-order valence-corrected chi connectivity index (χ3v) is 3.38. The van der Waals surface area contributed by atoms with E-state index >= 15 is 0 Å². The summed E-state index contributed by atoms with van der Waals surface area (Å²) in [5.74, 6) is 1.01. The van der Waals surface area contributed by atoms with Gasteiger partial charge in [0, 0.05) is 19.6 Å². The molecular formula is C16H28N2O. The van der Waals surface area contributed by atoms with E-state index in [1.54, 1.807) is 0 Å². The second-order valence-corrected chi connectivity index (χ2v) is 4.89. The Morgan fingerprint density at radius 1 is 1.11 bits per heavy atom. The summed E-state index contributed by atoms with van der Waals surface area (Å²) in [6, 6.07) is 6.33. The zero-order chi connectivity index (χ0) is 14.1. The summed E-state index contributed by atoms with van der Waals surface area (Å²) in [5, 5.41) is 3.42. The topological polar surface area (TPSA) is 24.5 Å². The summed E-state index contributed by atoms with van der Waals surface area (Å²) in [5.41, 5.74) is 2.45. The molecule has 0 heterocycles.